The maximum absolute atomic E-state index is 12.7. The summed E-state index contributed by atoms with van der Waals surface area (Å²) in [5.41, 5.74) is 2.39. The monoisotopic (exact) mass is 547 g/mol. The van der Waals surface area contributed by atoms with E-state index in [4.69, 9.17) is 16.3 Å². The van der Waals surface area contributed by atoms with Crippen LogP contribution in [-0.2, 0) is 16.2 Å². The molecule has 0 atom stereocenters. The van der Waals surface area contributed by atoms with E-state index in [9.17, 15) is 9.59 Å². The van der Waals surface area contributed by atoms with Gasteiger partial charge in [-0.05, 0) is 61.0 Å². The zero-order chi connectivity index (χ0) is 26.3. The maximum Gasteiger partial charge on any atom is 0.227 e. The Hall–Kier alpha value is -3.82. The Morgan fingerprint density at radius 2 is 1.79 bits per heavy atom. The third-order valence-electron chi connectivity index (χ3n) is 5.97. The first-order valence-corrected chi connectivity index (χ1v) is 13.6. The van der Waals surface area contributed by atoms with Crippen molar-refractivity contribution in [3.05, 3.63) is 89.7 Å². The summed E-state index contributed by atoms with van der Waals surface area (Å²) in [5.74, 6) is 1.84. The fraction of sp³-hybridized carbons (Fsp3) is 0.214. The van der Waals surface area contributed by atoms with Crippen molar-refractivity contribution in [2.24, 2.45) is 0 Å². The van der Waals surface area contributed by atoms with Crippen molar-refractivity contribution in [2.45, 2.75) is 31.0 Å². The van der Waals surface area contributed by atoms with Gasteiger partial charge in [0.15, 0.2) is 11.0 Å². The van der Waals surface area contributed by atoms with E-state index in [2.05, 4.69) is 15.5 Å². The van der Waals surface area contributed by atoms with Gasteiger partial charge in [-0.2, -0.15) is 0 Å². The topological polar surface area (TPSA) is 89.3 Å². The molecule has 2 heterocycles. The molecule has 1 saturated heterocycles. The van der Waals surface area contributed by atoms with E-state index in [1.54, 1.807) is 29.2 Å². The van der Waals surface area contributed by atoms with Gasteiger partial charge in [0.25, 0.3) is 0 Å². The molecule has 1 aromatic heterocycles. The first-order chi connectivity index (χ1) is 18.6. The number of nitrogens with zero attached hydrogens (tertiary/aromatic N) is 4. The molecule has 1 N–H and O–H groups in total. The number of aromatic nitrogens is 3. The molecule has 0 radical (unpaired) electrons. The molecular weight excluding hydrogens is 522 g/mol. The predicted molar refractivity (Wildman–Crippen MR) is 149 cm³/mol. The number of ether oxygens (including phenoxy) is 1. The lowest BCUT2D eigenvalue weighted by atomic mass is 10.2. The van der Waals surface area contributed by atoms with Crippen molar-refractivity contribution in [1.82, 2.24) is 14.8 Å². The number of rotatable bonds is 10. The molecule has 38 heavy (non-hydrogen) atoms. The Morgan fingerprint density at radius 1 is 1.00 bits per heavy atom. The van der Waals surface area contributed by atoms with E-state index >= 15 is 0 Å². The van der Waals surface area contributed by atoms with E-state index in [-0.39, 0.29) is 24.8 Å². The molecule has 0 spiro atoms. The fourth-order valence-corrected chi connectivity index (χ4v) is 5.17. The Kier molecular flexibility index (Phi) is 8.25. The molecule has 5 rings (SSSR count). The molecule has 194 valence electrons. The predicted octanol–water partition coefficient (Wildman–Crippen LogP) is 5.75. The van der Waals surface area contributed by atoms with E-state index in [0.717, 1.165) is 17.8 Å². The van der Waals surface area contributed by atoms with E-state index in [1.165, 1.54) is 11.8 Å². The number of hydrogen-bond acceptors (Lipinski definition) is 6. The molecule has 10 heteroatoms. The zero-order valence-corrected chi connectivity index (χ0v) is 22.1. The Bertz CT molecular complexity index is 1410. The van der Waals surface area contributed by atoms with Gasteiger partial charge >= 0.3 is 0 Å². The van der Waals surface area contributed by atoms with E-state index in [0.29, 0.717) is 46.2 Å². The minimum atomic E-state index is -0.112. The van der Waals surface area contributed by atoms with Crippen molar-refractivity contribution < 1.29 is 14.3 Å². The molecule has 0 unspecified atom stereocenters. The van der Waals surface area contributed by atoms with Crippen LogP contribution < -0.4 is 15.0 Å². The summed E-state index contributed by atoms with van der Waals surface area (Å²) < 4.78 is 7.84. The van der Waals surface area contributed by atoms with Crippen LogP contribution in [0.15, 0.2) is 84.0 Å². The summed E-state index contributed by atoms with van der Waals surface area (Å²) in [5, 5.41) is 13.0. The van der Waals surface area contributed by atoms with Crippen molar-refractivity contribution >= 4 is 46.6 Å². The van der Waals surface area contributed by atoms with Gasteiger partial charge in [-0.1, -0.05) is 47.6 Å². The van der Waals surface area contributed by atoms with Crippen LogP contribution in [0, 0.1) is 0 Å². The number of amides is 2. The summed E-state index contributed by atoms with van der Waals surface area (Å²) in [7, 11) is 0. The van der Waals surface area contributed by atoms with Crippen LogP contribution in [0.2, 0.25) is 5.02 Å². The molecule has 0 bridgehead atoms. The van der Waals surface area contributed by atoms with Crippen molar-refractivity contribution in [2.75, 3.05) is 22.5 Å². The number of nitrogens with one attached hydrogen (secondary N) is 1. The average molecular weight is 548 g/mol. The summed E-state index contributed by atoms with van der Waals surface area (Å²) >= 11 is 7.42. The minimum Gasteiger partial charge on any atom is -0.486 e. The van der Waals surface area contributed by atoms with Gasteiger partial charge in [-0.3, -0.25) is 14.2 Å². The third-order valence-corrected chi connectivity index (χ3v) is 7.15. The molecule has 0 aliphatic carbocycles. The molecule has 4 aromatic rings. The quantitative estimate of drug-likeness (QED) is 0.254. The van der Waals surface area contributed by atoms with Gasteiger partial charge in [0.1, 0.15) is 12.4 Å². The average Bonchev–Trinajstić information content (AvgIpc) is 3.55. The number of para-hydroxylation sites is 1. The smallest absolute Gasteiger partial charge is 0.227 e. The highest BCUT2D eigenvalue weighted by molar-refractivity contribution is 7.99. The lowest BCUT2D eigenvalue weighted by Gasteiger charge is -2.16. The number of carbonyl (C=O) groups is 2. The van der Waals surface area contributed by atoms with Crippen LogP contribution in [0.5, 0.6) is 5.75 Å². The van der Waals surface area contributed by atoms with Crippen LogP contribution in [0.3, 0.4) is 0 Å². The molecule has 1 aliphatic rings. The second kappa shape index (κ2) is 12.1. The first-order valence-electron chi connectivity index (χ1n) is 12.3. The summed E-state index contributed by atoms with van der Waals surface area (Å²) in [6.45, 7) is 0.933. The van der Waals surface area contributed by atoms with Gasteiger partial charge in [0.2, 0.25) is 11.8 Å². The highest BCUT2D eigenvalue weighted by Crippen LogP contribution is 2.26. The summed E-state index contributed by atoms with van der Waals surface area (Å²) in [6, 6.07) is 24.4. The fourth-order valence-electron chi connectivity index (χ4n) is 4.13. The third kappa shape index (κ3) is 6.35. The maximum atomic E-state index is 12.7. The second-order valence-electron chi connectivity index (χ2n) is 8.66. The molecule has 0 saturated carbocycles. The van der Waals surface area contributed by atoms with Gasteiger partial charge in [0, 0.05) is 47.2 Å². The van der Waals surface area contributed by atoms with Crippen molar-refractivity contribution in [3.8, 4) is 11.4 Å². The Labute approximate surface area is 230 Å². The van der Waals surface area contributed by atoms with E-state index in [1.807, 2.05) is 59.2 Å². The van der Waals surface area contributed by atoms with Gasteiger partial charge in [0.05, 0.1) is 0 Å². The standard InChI is InChI=1S/C28H26ClN5O3S/c29-20-11-13-24(14-12-20)37-19-25-31-32-28(34(25)22-7-2-1-3-8-22)38-17-15-26(35)30-21-6-4-9-23(18-21)33-16-5-10-27(33)36/h1-4,6-9,11-14,18H,5,10,15-17,19H2,(H,30,35). The highest BCUT2D eigenvalue weighted by Gasteiger charge is 2.22. The summed E-state index contributed by atoms with van der Waals surface area (Å²) in [4.78, 5) is 26.5. The first kappa shape index (κ1) is 25.8. The SMILES string of the molecule is O=C(CCSc1nnc(COc2ccc(Cl)cc2)n1-c1ccccc1)Nc1cccc(N2CCCC2=O)c1. The van der Waals surface area contributed by atoms with Crippen LogP contribution >= 0.6 is 23.4 Å². The van der Waals surface area contributed by atoms with Gasteiger partial charge < -0.3 is 15.0 Å². The lowest BCUT2D eigenvalue weighted by molar-refractivity contribution is -0.117. The number of benzene rings is 3. The highest BCUT2D eigenvalue weighted by atomic mass is 35.5. The molecular formula is C28H26ClN5O3S. The molecule has 3 aromatic carbocycles. The second-order valence-corrected chi connectivity index (χ2v) is 10.2. The zero-order valence-electron chi connectivity index (χ0n) is 20.5. The molecule has 8 nitrogen and oxygen atoms in total. The van der Waals surface area contributed by atoms with Gasteiger partial charge in [-0.25, -0.2) is 0 Å². The van der Waals surface area contributed by atoms with Crippen LogP contribution in [0.1, 0.15) is 25.1 Å². The van der Waals surface area contributed by atoms with Crippen LogP contribution in [-0.4, -0.2) is 38.9 Å². The normalized spacial score (nSPS) is 13.1. The van der Waals surface area contributed by atoms with Crippen molar-refractivity contribution in [1.29, 1.82) is 0 Å². The van der Waals surface area contributed by atoms with Crippen molar-refractivity contribution in [3.63, 3.8) is 0 Å². The Balaban J connectivity index is 1.21. The summed E-state index contributed by atoms with van der Waals surface area (Å²) in [6.07, 6.45) is 1.71. The van der Waals surface area contributed by atoms with Crippen LogP contribution in [0.25, 0.3) is 5.69 Å². The largest absolute Gasteiger partial charge is 0.486 e. The van der Waals surface area contributed by atoms with E-state index < -0.39 is 0 Å². The minimum absolute atomic E-state index is 0.112. The van der Waals surface area contributed by atoms with Gasteiger partial charge in [-0.15, -0.1) is 10.2 Å². The molecule has 1 fully saturated rings. The molecule has 1 aliphatic heterocycles. The number of halogens is 1. The van der Waals surface area contributed by atoms with Crippen LogP contribution in [0.4, 0.5) is 11.4 Å². The number of thioether (sulfide) groups is 1. The lowest BCUT2D eigenvalue weighted by Crippen LogP contribution is -2.23. The number of hydrogen-bond donors (Lipinski definition) is 1. The Morgan fingerprint density at radius 3 is 2.55 bits per heavy atom. The molecule has 2 amide bonds. The number of anilines is 2. The number of carbonyl (C=O) groups excluding carboxylic acids is 2.